The van der Waals surface area contributed by atoms with Crippen molar-refractivity contribution in [1.82, 2.24) is 25.4 Å². The van der Waals surface area contributed by atoms with E-state index in [0.717, 1.165) is 16.8 Å². The molecule has 2 heterocycles. The summed E-state index contributed by atoms with van der Waals surface area (Å²) in [6.07, 6.45) is -0.958. The number of hydrogen-bond acceptors (Lipinski definition) is 8. The van der Waals surface area contributed by atoms with E-state index in [2.05, 4.69) is 20.8 Å². The van der Waals surface area contributed by atoms with Crippen molar-refractivity contribution < 1.29 is 28.9 Å². The Bertz CT molecular complexity index is 1380. The van der Waals surface area contributed by atoms with Crippen LogP contribution in [0.1, 0.15) is 42.2 Å². The normalized spacial score (nSPS) is 13.9. The third-order valence-electron chi connectivity index (χ3n) is 6.16. The van der Waals surface area contributed by atoms with Crippen molar-refractivity contribution in [1.29, 1.82) is 0 Å². The zero-order valence-corrected chi connectivity index (χ0v) is 23.7. The summed E-state index contributed by atoms with van der Waals surface area (Å²) in [5, 5.41) is 22.9. The highest BCUT2D eigenvalue weighted by molar-refractivity contribution is 6.30. The van der Waals surface area contributed by atoms with Gasteiger partial charge in [0.05, 0.1) is 44.2 Å². The fourth-order valence-corrected chi connectivity index (χ4v) is 4.48. The summed E-state index contributed by atoms with van der Waals surface area (Å²) in [5.74, 6) is 1.76. The molecule has 2 aromatic carbocycles. The van der Waals surface area contributed by atoms with Crippen molar-refractivity contribution in [3.05, 3.63) is 70.3 Å². The molecule has 1 aromatic heterocycles. The average Bonchev–Trinajstić information content (AvgIpc) is 3.27. The number of fused-ring (bicyclic) bond motifs is 3. The second-order valence-corrected chi connectivity index (χ2v) is 9.52. The number of carbonyl (C=O) groups excluding carboxylic acids is 1. The smallest absolute Gasteiger partial charge is 0.404 e. The van der Waals surface area contributed by atoms with Gasteiger partial charge in [0.15, 0.2) is 5.82 Å². The number of aliphatic imine (C=N–C) groups is 1. The van der Waals surface area contributed by atoms with Gasteiger partial charge in [0.2, 0.25) is 5.91 Å². The van der Waals surface area contributed by atoms with Gasteiger partial charge in [-0.2, -0.15) is 0 Å². The highest BCUT2D eigenvalue weighted by Gasteiger charge is 2.30. The molecule has 1 atom stereocenters. The summed E-state index contributed by atoms with van der Waals surface area (Å²) in [7, 11) is 0. The molecule has 3 N–H and O–H groups in total. The Hall–Kier alpha value is -4.00. The van der Waals surface area contributed by atoms with Crippen molar-refractivity contribution in [2.75, 3.05) is 46.1 Å². The molecule has 0 fully saturated rings. The van der Waals surface area contributed by atoms with Gasteiger partial charge in [-0.1, -0.05) is 23.7 Å². The summed E-state index contributed by atoms with van der Waals surface area (Å²) in [6.45, 7) is 6.11. The van der Waals surface area contributed by atoms with E-state index in [4.69, 9.17) is 35.9 Å². The maximum atomic E-state index is 12.6. The minimum Gasteiger partial charge on any atom is -0.491 e. The van der Waals surface area contributed by atoms with Crippen LogP contribution in [0.2, 0.25) is 5.02 Å². The lowest BCUT2D eigenvalue weighted by atomic mass is 10.00. The van der Waals surface area contributed by atoms with E-state index < -0.39 is 12.1 Å². The molecule has 12 nitrogen and oxygen atoms in total. The fraction of sp³-hybridized carbons (Fsp3) is 0.393. The van der Waals surface area contributed by atoms with E-state index in [1.165, 1.54) is 0 Å². The number of carboxylic acid groups (broad SMARTS) is 1. The molecule has 0 bridgehead atoms. The Morgan fingerprint density at radius 3 is 2.46 bits per heavy atom. The first-order valence-corrected chi connectivity index (χ1v) is 13.7. The summed E-state index contributed by atoms with van der Waals surface area (Å²) < 4.78 is 18.8. The number of ether oxygens (including phenoxy) is 3. The minimum atomic E-state index is -1.08. The first-order chi connectivity index (χ1) is 19.9. The third kappa shape index (κ3) is 8.03. The van der Waals surface area contributed by atoms with Crippen LogP contribution >= 0.6 is 11.6 Å². The molecule has 0 saturated carbocycles. The zero-order chi connectivity index (χ0) is 29.2. The predicted octanol–water partition coefficient (Wildman–Crippen LogP) is 3.33. The number of hydrogen-bond donors (Lipinski definition) is 3. The van der Waals surface area contributed by atoms with Gasteiger partial charge in [-0.15, -0.1) is 10.2 Å². The second-order valence-electron chi connectivity index (χ2n) is 9.08. The fourth-order valence-electron chi connectivity index (χ4n) is 4.36. The van der Waals surface area contributed by atoms with Gasteiger partial charge < -0.3 is 30.0 Å². The van der Waals surface area contributed by atoms with Crippen LogP contribution in [0.5, 0.6) is 5.75 Å². The molecule has 1 unspecified atom stereocenters. The van der Waals surface area contributed by atoms with E-state index in [1.54, 1.807) is 12.1 Å². The van der Waals surface area contributed by atoms with Gasteiger partial charge in [0.1, 0.15) is 24.2 Å². The zero-order valence-electron chi connectivity index (χ0n) is 22.9. The Balaban J connectivity index is 1.52. The number of aromatic nitrogens is 3. The number of benzene rings is 2. The second kappa shape index (κ2) is 14.6. The van der Waals surface area contributed by atoms with Gasteiger partial charge >= 0.3 is 6.09 Å². The quantitative estimate of drug-likeness (QED) is 0.244. The Morgan fingerprint density at radius 2 is 1.73 bits per heavy atom. The average molecular weight is 585 g/mol. The van der Waals surface area contributed by atoms with Crippen LogP contribution in [-0.4, -0.2) is 83.7 Å². The number of halogens is 1. The lowest BCUT2D eigenvalue weighted by molar-refractivity contribution is -0.121. The van der Waals surface area contributed by atoms with E-state index >= 15 is 0 Å². The van der Waals surface area contributed by atoms with Gasteiger partial charge in [-0.3, -0.25) is 14.4 Å². The molecule has 0 radical (unpaired) electrons. The standard InChI is InChI=1S/C28H33ClN6O6/c1-3-30-25(36)17-23-27-34-33-18(2)35(27)24-9-8-21(41-15-14-40-13-12-39-11-10-31-28(37)38)16-22(24)26(32-23)19-4-6-20(29)7-5-19/h4-9,16,23,31H,3,10-15,17H2,1-2H3,(H,30,36)(H,37,38). The van der Waals surface area contributed by atoms with Crippen molar-refractivity contribution >= 4 is 29.3 Å². The number of nitrogens with zero attached hydrogens (tertiary/aromatic N) is 4. The predicted molar refractivity (Wildman–Crippen MR) is 152 cm³/mol. The minimum absolute atomic E-state index is 0.123. The largest absolute Gasteiger partial charge is 0.491 e. The maximum absolute atomic E-state index is 12.6. The Labute approximate surface area is 242 Å². The van der Waals surface area contributed by atoms with Crippen LogP contribution in [0.3, 0.4) is 0 Å². The van der Waals surface area contributed by atoms with E-state index in [1.807, 2.05) is 48.7 Å². The molecule has 4 rings (SSSR count). The van der Waals surface area contributed by atoms with Gasteiger partial charge in [-0.25, -0.2) is 4.79 Å². The molecule has 41 heavy (non-hydrogen) atoms. The molecule has 2 amide bonds. The SMILES string of the molecule is CCNC(=O)CC1N=C(c2ccc(Cl)cc2)c2cc(OCCOCCOCCNC(=O)O)ccc2-n2c(C)nnc21. The van der Waals surface area contributed by atoms with Crippen LogP contribution in [0.4, 0.5) is 4.79 Å². The van der Waals surface area contributed by atoms with Crippen LogP contribution in [0.25, 0.3) is 5.69 Å². The third-order valence-corrected chi connectivity index (χ3v) is 6.41. The summed E-state index contributed by atoms with van der Waals surface area (Å²) in [6, 6.07) is 12.6. The number of rotatable bonds is 14. The highest BCUT2D eigenvalue weighted by atomic mass is 35.5. The molecular weight excluding hydrogens is 552 g/mol. The Morgan fingerprint density at radius 1 is 1.00 bits per heavy atom. The topological polar surface area (TPSA) is 149 Å². The highest BCUT2D eigenvalue weighted by Crippen LogP contribution is 2.34. The van der Waals surface area contributed by atoms with Crippen LogP contribution in [0, 0.1) is 6.92 Å². The van der Waals surface area contributed by atoms with Gasteiger partial charge in [-0.05, 0) is 44.2 Å². The summed E-state index contributed by atoms with van der Waals surface area (Å²) in [5.41, 5.74) is 3.16. The lowest BCUT2D eigenvalue weighted by Gasteiger charge is -2.15. The van der Waals surface area contributed by atoms with Crippen molar-refractivity contribution in [2.24, 2.45) is 4.99 Å². The molecule has 1 aliphatic rings. The number of aryl methyl sites for hydroxylation is 1. The van der Waals surface area contributed by atoms with Crippen molar-refractivity contribution in [3.63, 3.8) is 0 Å². The molecular formula is C28H33ClN6O6. The molecule has 13 heteroatoms. The van der Waals surface area contributed by atoms with Gasteiger partial charge in [0.25, 0.3) is 0 Å². The van der Waals surface area contributed by atoms with Crippen LogP contribution in [-0.2, 0) is 14.3 Å². The molecule has 1 aliphatic heterocycles. The van der Waals surface area contributed by atoms with E-state index in [9.17, 15) is 9.59 Å². The molecule has 218 valence electrons. The molecule has 0 aliphatic carbocycles. The molecule has 0 spiro atoms. The first kappa shape index (κ1) is 30.0. The number of amides is 2. The van der Waals surface area contributed by atoms with Crippen LogP contribution in [0.15, 0.2) is 47.5 Å². The Kier molecular flexibility index (Phi) is 10.7. The van der Waals surface area contributed by atoms with Crippen LogP contribution < -0.4 is 15.4 Å². The molecule has 3 aromatic rings. The van der Waals surface area contributed by atoms with E-state index in [0.29, 0.717) is 61.1 Å². The molecule has 0 saturated heterocycles. The van der Waals surface area contributed by atoms with Crippen molar-refractivity contribution in [2.45, 2.75) is 26.3 Å². The van der Waals surface area contributed by atoms with Crippen molar-refractivity contribution in [3.8, 4) is 11.4 Å². The van der Waals surface area contributed by atoms with E-state index in [-0.39, 0.29) is 25.5 Å². The summed E-state index contributed by atoms with van der Waals surface area (Å²) in [4.78, 5) is 28.1. The summed E-state index contributed by atoms with van der Waals surface area (Å²) >= 11 is 6.17. The first-order valence-electron chi connectivity index (χ1n) is 13.3. The number of nitrogens with one attached hydrogen (secondary N) is 2. The lowest BCUT2D eigenvalue weighted by Crippen LogP contribution is -2.25. The monoisotopic (exact) mass is 584 g/mol. The van der Waals surface area contributed by atoms with Gasteiger partial charge in [0, 0.05) is 29.2 Å². The maximum Gasteiger partial charge on any atom is 0.404 e. The number of carbonyl (C=O) groups is 2.